The number of rotatable bonds is 2. The van der Waals surface area contributed by atoms with E-state index in [4.69, 9.17) is 5.11 Å². The van der Waals surface area contributed by atoms with Crippen LogP contribution in [0.2, 0.25) is 0 Å². The third-order valence-electron chi connectivity index (χ3n) is 1.72. The van der Waals surface area contributed by atoms with E-state index < -0.39 is 40.0 Å². The van der Waals surface area contributed by atoms with Crippen molar-refractivity contribution in [1.82, 2.24) is 4.98 Å². The largest absolute Gasteiger partial charge is 0.476 e. The Bertz CT molecular complexity index is 460. The lowest BCUT2D eigenvalue weighted by atomic mass is 10.1. The molecule has 0 bridgehead atoms. The van der Waals surface area contributed by atoms with Gasteiger partial charge in [0.1, 0.15) is 5.69 Å². The molecule has 17 heavy (non-hydrogen) atoms. The molecule has 0 aliphatic carbocycles. The second-order valence-electron chi connectivity index (χ2n) is 2.86. The number of pyridine rings is 1. The second kappa shape index (κ2) is 4.55. The van der Waals surface area contributed by atoms with Crippen LogP contribution in [-0.2, 0) is 6.18 Å². The van der Waals surface area contributed by atoms with E-state index in [1.165, 1.54) is 0 Å². The van der Waals surface area contributed by atoms with Crippen LogP contribution in [0, 0.1) is 0 Å². The third kappa shape index (κ3) is 2.90. The molecule has 1 aromatic heterocycles. The topological polar surface area (TPSA) is 50.2 Å². The number of carboxylic acid groups (broad SMARTS) is 1. The molecule has 0 saturated carbocycles. The number of aromatic nitrogens is 1. The van der Waals surface area contributed by atoms with E-state index in [-0.39, 0.29) is 0 Å². The predicted molar refractivity (Wildman–Crippen MR) is 48.9 cm³/mol. The van der Waals surface area contributed by atoms with Crippen molar-refractivity contribution in [2.75, 3.05) is 0 Å². The molecular formula is C8H3BrF5NO2. The third-order valence-corrected chi connectivity index (χ3v) is 2.38. The lowest BCUT2D eigenvalue weighted by molar-refractivity contribution is -0.141. The van der Waals surface area contributed by atoms with Crippen molar-refractivity contribution in [1.29, 1.82) is 0 Å². The highest BCUT2D eigenvalue weighted by Gasteiger charge is 2.36. The quantitative estimate of drug-likeness (QED) is 0.849. The monoisotopic (exact) mass is 319 g/mol. The number of hydrogen-bond donors (Lipinski definition) is 1. The fourth-order valence-electron chi connectivity index (χ4n) is 1.04. The molecule has 0 radical (unpaired) electrons. The lowest BCUT2D eigenvalue weighted by Gasteiger charge is -2.11. The van der Waals surface area contributed by atoms with Gasteiger partial charge in [0.2, 0.25) is 0 Å². The van der Waals surface area contributed by atoms with E-state index in [9.17, 15) is 26.7 Å². The highest BCUT2D eigenvalue weighted by molar-refractivity contribution is 9.10. The molecule has 1 N–H and O–H groups in total. The van der Waals surface area contributed by atoms with Crippen molar-refractivity contribution < 1.29 is 31.9 Å². The number of halogens is 6. The molecule has 0 fully saturated rings. The van der Waals surface area contributed by atoms with E-state index >= 15 is 0 Å². The van der Waals surface area contributed by atoms with Crippen molar-refractivity contribution in [3.63, 3.8) is 0 Å². The summed E-state index contributed by atoms with van der Waals surface area (Å²) in [5.74, 6) is -1.95. The fraction of sp³-hybridized carbons (Fsp3) is 0.250. The molecule has 1 rings (SSSR count). The average molecular weight is 320 g/mol. The molecule has 0 aromatic carbocycles. The fourth-order valence-corrected chi connectivity index (χ4v) is 1.62. The molecule has 94 valence electrons. The number of alkyl halides is 5. The standard InChI is InChI=1S/C8H3BrF5NO2/c9-2-1-3(8(12,13)14)15-5(7(16)17)4(2)6(10)11/h1,6H,(H,16,17). The molecule has 0 saturated heterocycles. The summed E-state index contributed by atoms with van der Waals surface area (Å²) in [7, 11) is 0. The van der Waals surface area contributed by atoms with Crippen LogP contribution in [0.5, 0.6) is 0 Å². The van der Waals surface area contributed by atoms with Gasteiger partial charge in [-0.1, -0.05) is 15.9 Å². The van der Waals surface area contributed by atoms with E-state index in [2.05, 4.69) is 20.9 Å². The van der Waals surface area contributed by atoms with Crippen molar-refractivity contribution in [2.24, 2.45) is 0 Å². The Morgan fingerprint density at radius 1 is 1.41 bits per heavy atom. The Hall–Kier alpha value is -1.25. The van der Waals surface area contributed by atoms with Crippen LogP contribution in [0.1, 0.15) is 28.2 Å². The summed E-state index contributed by atoms with van der Waals surface area (Å²) >= 11 is 2.48. The van der Waals surface area contributed by atoms with E-state index in [1.807, 2.05) is 0 Å². The first kappa shape index (κ1) is 13.8. The summed E-state index contributed by atoms with van der Waals surface area (Å²) < 4.78 is 61.1. The van der Waals surface area contributed by atoms with E-state index in [0.717, 1.165) is 0 Å². The Balaban J connectivity index is 3.53. The van der Waals surface area contributed by atoms with Gasteiger partial charge in [-0.15, -0.1) is 0 Å². The number of carboxylic acids is 1. The molecule has 0 aliphatic heterocycles. The summed E-state index contributed by atoms with van der Waals surface area (Å²) in [5, 5.41) is 8.55. The van der Waals surface area contributed by atoms with Gasteiger partial charge < -0.3 is 5.11 Å². The number of carbonyl (C=O) groups is 1. The molecule has 1 aromatic rings. The summed E-state index contributed by atoms with van der Waals surface area (Å²) in [4.78, 5) is 13.3. The highest BCUT2D eigenvalue weighted by atomic mass is 79.9. The van der Waals surface area contributed by atoms with Crippen molar-refractivity contribution >= 4 is 21.9 Å². The van der Waals surface area contributed by atoms with Gasteiger partial charge in [-0.25, -0.2) is 18.6 Å². The molecule has 3 nitrogen and oxygen atoms in total. The first-order valence-corrected chi connectivity index (χ1v) is 4.73. The Labute approximate surface area is 99.4 Å². The van der Waals surface area contributed by atoms with Crippen molar-refractivity contribution in [3.8, 4) is 0 Å². The molecule has 0 aliphatic rings. The zero-order valence-corrected chi connectivity index (χ0v) is 9.31. The lowest BCUT2D eigenvalue weighted by Crippen LogP contribution is -2.15. The van der Waals surface area contributed by atoms with Crippen LogP contribution in [-0.4, -0.2) is 16.1 Å². The van der Waals surface area contributed by atoms with Crippen LogP contribution < -0.4 is 0 Å². The minimum atomic E-state index is -4.91. The summed E-state index contributed by atoms with van der Waals surface area (Å²) in [6.45, 7) is 0. The Kier molecular flexibility index (Phi) is 3.70. The Morgan fingerprint density at radius 2 is 1.94 bits per heavy atom. The maximum Gasteiger partial charge on any atom is 0.433 e. The molecule has 0 atom stereocenters. The normalized spacial score (nSPS) is 11.9. The molecule has 1 heterocycles. The van der Waals surface area contributed by atoms with Crippen LogP contribution in [0.25, 0.3) is 0 Å². The highest BCUT2D eigenvalue weighted by Crippen LogP contribution is 2.35. The maximum absolute atomic E-state index is 12.5. The first-order chi connectivity index (χ1) is 7.64. The number of aromatic carboxylic acids is 1. The van der Waals surface area contributed by atoms with Gasteiger partial charge in [0.05, 0.1) is 5.56 Å². The molecule has 0 unspecified atom stereocenters. The van der Waals surface area contributed by atoms with Gasteiger partial charge >= 0.3 is 12.1 Å². The number of hydrogen-bond acceptors (Lipinski definition) is 2. The molecule has 0 spiro atoms. The SMILES string of the molecule is O=C(O)c1nc(C(F)(F)F)cc(Br)c1C(F)F. The van der Waals surface area contributed by atoms with Gasteiger partial charge in [0.15, 0.2) is 5.69 Å². The molecule has 0 amide bonds. The van der Waals surface area contributed by atoms with Gasteiger partial charge in [0, 0.05) is 4.47 Å². The molecule has 9 heteroatoms. The summed E-state index contributed by atoms with van der Waals surface area (Å²) in [5.41, 5.74) is -3.95. The average Bonchev–Trinajstić information content (AvgIpc) is 2.13. The minimum absolute atomic E-state index is 0.313. The van der Waals surface area contributed by atoms with E-state index in [0.29, 0.717) is 6.07 Å². The van der Waals surface area contributed by atoms with Gasteiger partial charge in [-0.05, 0) is 6.07 Å². The predicted octanol–water partition coefficient (Wildman–Crippen LogP) is 3.50. The smallest absolute Gasteiger partial charge is 0.433 e. The van der Waals surface area contributed by atoms with Crippen LogP contribution >= 0.6 is 15.9 Å². The zero-order chi connectivity index (χ0) is 13.4. The van der Waals surface area contributed by atoms with E-state index in [1.54, 1.807) is 0 Å². The van der Waals surface area contributed by atoms with Gasteiger partial charge in [0.25, 0.3) is 6.43 Å². The number of nitrogens with zero attached hydrogens (tertiary/aromatic N) is 1. The maximum atomic E-state index is 12.5. The van der Waals surface area contributed by atoms with Crippen LogP contribution in [0.15, 0.2) is 10.5 Å². The van der Waals surface area contributed by atoms with Gasteiger partial charge in [-0.2, -0.15) is 13.2 Å². The minimum Gasteiger partial charge on any atom is -0.476 e. The Morgan fingerprint density at radius 3 is 2.29 bits per heavy atom. The summed E-state index contributed by atoms with van der Waals surface area (Å²) in [6, 6.07) is 0.313. The first-order valence-electron chi connectivity index (χ1n) is 3.93. The zero-order valence-electron chi connectivity index (χ0n) is 7.73. The van der Waals surface area contributed by atoms with Crippen LogP contribution in [0.3, 0.4) is 0 Å². The summed E-state index contributed by atoms with van der Waals surface area (Å²) in [6.07, 6.45) is -8.15. The van der Waals surface area contributed by atoms with Crippen molar-refractivity contribution in [3.05, 3.63) is 27.5 Å². The van der Waals surface area contributed by atoms with Gasteiger partial charge in [-0.3, -0.25) is 0 Å². The van der Waals surface area contributed by atoms with Crippen LogP contribution in [0.4, 0.5) is 22.0 Å². The van der Waals surface area contributed by atoms with Crippen molar-refractivity contribution in [2.45, 2.75) is 12.6 Å². The molecular weight excluding hydrogens is 317 g/mol. The second-order valence-corrected chi connectivity index (χ2v) is 3.71.